The Bertz CT molecular complexity index is 957. The molecule has 0 N–H and O–H groups in total. The largest absolute Gasteiger partial charge is 0.353 e. The summed E-state index contributed by atoms with van der Waals surface area (Å²) in [6.07, 6.45) is 5.32. The highest BCUT2D eigenvalue weighted by molar-refractivity contribution is 5.52. The molecule has 1 saturated carbocycles. The number of aryl methyl sites for hydroxylation is 1. The molecule has 3 aromatic heterocycles. The second kappa shape index (κ2) is 5.89. The van der Waals surface area contributed by atoms with Crippen LogP contribution in [0.25, 0.3) is 5.65 Å². The van der Waals surface area contributed by atoms with Crippen LogP contribution in [0, 0.1) is 12.7 Å². The molecule has 8 heteroatoms. The standard InChI is InChI=1S/C18H20FN7/c1-12-10-15(26-14(23-12)4-5-22-26)24-6-8-25(9-7-24)18-16(19)17(13-2-3-13)20-11-21-18/h4-5,10-11,13H,2-3,6-9H2,1H3. The molecule has 0 aromatic carbocycles. The second-order valence-corrected chi connectivity index (χ2v) is 7.00. The van der Waals surface area contributed by atoms with E-state index in [2.05, 4.69) is 25.0 Å². The van der Waals surface area contributed by atoms with E-state index in [0.29, 0.717) is 24.6 Å². The molecule has 0 atom stereocenters. The molecule has 2 fully saturated rings. The van der Waals surface area contributed by atoms with E-state index < -0.39 is 0 Å². The van der Waals surface area contributed by atoms with E-state index in [1.165, 1.54) is 6.33 Å². The van der Waals surface area contributed by atoms with Crippen LogP contribution in [-0.2, 0) is 0 Å². The number of rotatable bonds is 3. The molecule has 0 amide bonds. The quantitative estimate of drug-likeness (QED) is 0.719. The van der Waals surface area contributed by atoms with Crippen LogP contribution in [0.5, 0.6) is 0 Å². The zero-order chi connectivity index (χ0) is 17.7. The lowest BCUT2D eigenvalue weighted by atomic mass is 10.2. The normalized spacial score (nSPS) is 17.9. The molecule has 1 saturated heterocycles. The molecular formula is C18H20FN7. The monoisotopic (exact) mass is 353 g/mol. The lowest BCUT2D eigenvalue weighted by Gasteiger charge is -2.36. The molecule has 4 heterocycles. The minimum absolute atomic E-state index is 0.238. The van der Waals surface area contributed by atoms with E-state index in [-0.39, 0.29) is 11.7 Å². The molecule has 7 nitrogen and oxygen atoms in total. The molecule has 1 aliphatic heterocycles. The molecule has 3 aromatic rings. The molecule has 0 unspecified atom stereocenters. The van der Waals surface area contributed by atoms with Gasteiger partial charge in [0.05, 0.1) is 11.9 Å². The van der Waals surface area contributed by atoms with E-state index in [0.717, 1.165) is 43.1 Å². The summed E-state index contributed by atoms with van der Waals surface area (Å²) in [5, 5.41) is 4.38. The van der Waals surface area contributed by atoms with Gasteiger partial charge in [0, 0.05) is 49.9 Å². The Labute approximate surface area is 150 Å². The van der Waals surface area contributed by atoms with Crippen LogP contribution in [0.2, 0.25) is 0 Å². The van der Waals surface area contributed by atoms with Crippen LogP contribution in [0.1, 0.15) is 30.1 Å². The zero-order valence-corrected chi connectivity index (χ0v) is 14.6. The van der Waals surface area contributed by atoms with Gasteiger partial charge in [-0.15, -0.1) is 0 Å². The van der Waals surface area contributed by atoms with E-state index in [9.17, 15) is 4.39 Å². The molecule has 2 aliphatic rings. The van der Waals surface area contributed by atoms with Gasteiger partial charge in [-0.2, -0.15) is 9.61 Å². The third-order valence-corrected chi connectivity index (χ3v) is 5.13. The first kappa shape index (κ1) is 15.5. The third kappa shape index (κ3) is 2.56. The lowest BCUT2D eigenvalue weighted by Crippen LogP contribution is -2.47. The number of aromatic nitrogens is 5. The van der Waals surface area contributed by atoms with Crippen molar-refractivity contribution in [3.8, 4) is 0 Å². The van der Waals surface area contributed by atoms with Crippen molar-refractivity contribution in [2.24, 2.45) is 0 Å². The number of piperazine rings is 1. The van der Waals surface area contributed by atoms with Crippen molar-refractivity contribution in [2.75, 3.05) is 36.0 Å². The van der Waals surface area contributed by atoms with Crippen LogP contribution in [0.3, 0.4) is 0 Å². The highest BCUT2D eigenvalue weighted by atomic mass is 19.1. The Hall–Kier alpha value is -2.77. The predicted octanol–water partition coefficient (Wildman–Crippen LogP) is 2.17. The van der Waals surface area contributed by atoms with E-state index >= 15 is 0 Å². The van der Waals surface area contributed by atoms with Crippen molar-refractivity contribution in [2.45, 2.75) is 25.7 Å². The van der Waals surface area contributed by atoms with Crippen LogP contribution in [0.4, 0.5) is 16.0 Å². The predicted molar refractivity (Wildman–Crippen MR) is 96.1 cm³/mol. The number of fused-ring (bicyclic) bond motifs is 1. The first-order valence-electron chi connectivity index (χ1n) is 9.02. The highest BCUT2D eigenvalue weighted by Crippen LogP contribution is 2.41. The van der Waals surface area contributed by atoms with Gasteiger partial charge in [-0.05, 0) is 19.8 Å². The summed E-state index contributed by atoms with van der Waals surface area (Å²) < 4.78 is 16.6. The molecule has 0 radical (unpaired) electrons. The number of halogens is 1. The zero-order valence-electron chi connectivity index (χ0n) is 14.6. The number of hydrogen-bond donors (Lipinski definition) is 0. The lowest BCUT2D eigenvalue weighted by molar-refractivity contribution is 0.565. The van der Waals surface area contributed by atoms with Gasteiger partial charge in [0.1, 0.15) is 12.1 Å². The Kier molecular flexibility index (Phi) is 3.51. The van der Waals surface area contributed by atoms with Gasteiger partial charge in [-0.1, -0.05) is 0 Å². The van der Waals surface area contributed by atoms with Crippen LogP contribution >= 0.6 is 0 Å². The third-order valence-electron chi connectivity index (χ3n) is 5.13. The van der Waals surface area contributed by atoms with Gasteiger partial charge in [-0.25, -0.2) is 19.3 Å². The van der Waals surface area contributed by atoms with Gasteiger partial charge in [-0.3, -0.25) is 0 Å². The van der Waals surface area contributed by atoms with Crippen molar-refractivity contribution < 1.29 is 4.39 Å². The summed E-state index contributed by atoms with van der Waals surface area (Å²) in [6.45, 7) is 4.97. The van der Waals surface area contributed by atoms with Gasteiger partial charge in [0.25, 0.3) is 0 Å². The summed E-state index contributed by atoms with van der Waals surface area (Å²) in [6, 6.07) is 3.95. The molecule has 134 valence electrons. The SMILES string of the molecule is Cc1cc(N2CCN(c3ncnc(C4CC4)c3F)CC2)n2nccc2n1. The average Bonchev–Trinajstić information content (AvgIpc) is 3.39. The Morgan fingerprint density at radius 2 is 1.85 bits per heavy atom. The average molecular weight is 353 g/mol. The second-order valence-electron chi connectivity index (χ2n) is 7.00. The maximum atomic E-state index is 14.8. The maximum absolute atomic E-state index is 14.8. The van der Waals surface area contributed by atoms with Crippen LogP contribution in [0.15, 0.2) is 24.7 Å². The molecule has 1 aliphatic carbocycles. The molecule has 5 rings (SSSR count). The summed E-state index contributed by atoms with van der Waals surface area (Å²) in [7, 11) is 0. The topological polar surface area (TPSA) is 62.5 Å². The maximum Gasteiger partial charge on any atom is 0.187 e. The van der Waals surface area contributed by atoms with Gasteiger partial charge < -0.3 is 9.80 Å². The van der Waals surface area contributed by atoms with Crippen molar-refractivity contribution in [1.29, 1.82) is 0 Å². The fourth-order valence-electron chi connectivity index (χ4n) is 3.63. The summed E-state index contributed by atoms with van der Waals surface area (Å²) in [4.78, 5) is 17.2. The van der Waals surface area contributed by atoms with E-state index in [1.807, 2.05) is 28.5 Å². The van der Waals surface area contributed by atoms with E-state index in [4.69, 9.17) is 0 Å². The number of nitrogens with zero attached hydrogens (tertiary/aromatic N) is 7. The van der Waals surface area contributed by atoms with Crippen LogP contribution in [-0.4, -0.2) is 50.7 Å². The number of hydrogen-bond acceptors (Lipinski definition) is 6. The summed E-state index contributed by atoms with van der Waals surface area (Å²) in [5.74, 6) is 1.51. The minimum atomic E-state index is -0.238. The smallest absolute Gasteiger partial charge is 0.187 e. The van der Waals surface area contributed by atoms with Gasteiger partial charge in [0.2, 0.25) is 0 Å². The van der Waals surface area contributed by atoms with E-state index in [1.54, 1.807) is 6.20 Å². The van der Waals surface area contributed by atoms with Crippen molar-refractivity contribution in [1.82, 2.24) is 24.6 Å². The summed E-state index contributed by atoms with van der Waals surface area (Å²) in [5.41, 5.74) is 2.39. The highest BCUT2D eigenvalue weighted by Gasteiger charge is 2.31. The fraction of sp³-hybridized carbons (Fsp3) is 0.444. The molecule has 0 spiro atoms. The van der Waals surface area contributed by atoms with Crippen molar-refractivity contribution in [3.05, 3.63) is 41.9 Å². The molecular weight excluding hydrogens is 333 g/mol. The Morgan fingerprint density at radius 3 is 2.62 bits per heavy atom. The van der Waals surface area contributed by atoms with Crippen molar-refractivity contribution >= 4 is 17.3 Å². The molecule has 0 bridgehead atoms. The Balaban J connectivity index is 1.38. The fourth-order valence-corrected chi connectivity index (χ4v) is 3.63. The first-order chi connectivity index (χ1) is 12.7. The Morgan fingerprint density at radius 1 is 1.08 bits per heavy atom. The van der Waals surface area contributed by atoms with Crippen molar-refractivity contribution in [3.63, 3.8) is 0 Å². The first-order valence-corrected chi connectivity index (χ1v) is 9.02. The summed E-state index contributed by atoms with van der Waals surface area (Å²) >= 11 is 0. The van der Waals surface area contributed by atoms with Gasteiger partial charge >= 0.3 is 0 Å². The number of anilines is 2. The van der Waals surface area contributed by atoms with Gasteiger partial charge in [0.15, 0.2) is 17.3 Å². The minimum Gasteiger partial charge on any atom is -0.353 e. The van der Waals surface area contributed by atoms with Crippen LogP contribution < -0.4 is 9.80 Å². The molecule has 26 heavy (non-hydrogen) atoms.